The van der Waals surface area contributed by atoms with Gasteiger partial charge in [0.05, 0.1) is 10.7 Å². The van der Waals surface area contributed by atoms with E-state index < -0.39 is 0 Å². The van der Waals surface area contributed by atoms with Gasteiger partial charge >= 0.3 is 0 Å². The zero-order chi connectivity index (χ0) is 15.0. The summed E-state index contributed by atoms with van der Waals surface area (Å²) < 4.78 is 5.89. The molecular weight excluding hydrogens is 305 g/mol. The summed E-state index contributed by atoms with van der Waals surface area (Å²) >= 11 is 12.1. The monoisotopic (exact) mass is 321 g/mol. The molecule has 1 heterocycles. The van der Waals surface area contributed by atoms with Crippen LogP contribution in [0.2, 0.25) is 10.0 Å². The minimum atomic E-state index is -0.103. The molecule has 110 valence electrons. The summed E-state index contributed by atoms with van der Waals surface area (Å²) in [7, 11) is 0. The van der Waals surface area contributed by atoms with E-state index in [1.807, 2.05) is 18.2 Å². The van der Waals surface area contributed by atoms with Gasteiger partial charge in [0.2, 0.25) is 0 Å². The van der Waals surface area contributed by atoms with Gasteiger partial charge in [-0.25, -0.2) is 0 Å². The largest absolute Gasteiger partial charge is 0.487 e. The summed E-state index contributed by atoms with van der Waals surface area (Å²) in [5, 5.41) is 4.61. The third kappa shape index (κ3) is 3.28. The second kappa shape index (κ2) is 5.43. The maximum atomic E-state index is 6.16. The highest BCUT2D eigenvalue weighted by atomic mass is 35.5. The minimum absolute atomic E-state index is 0.103. The number of hydrogen-bond donors (Lipinski definition) is 1. The van der Waals surface area contributed by atoms with Crippen LogP contribution in [0, 0.1) is 0 Å². The van der Waals surface area contributed by atoms with Gasteiger partial charge in [-0.15, -0.1) is 0 Å². The molecule has 0 saturated heterocycles. The number of anilines is 1. The Bertz CT molecular complexity index is 682. The molecule has 0 unspecified atom stereocenters. The normalized spacial score (nSPS) is 15.4. The summed E-state index contributed by atoms with van der Waals surface area (Å²) in [4.78, 5) is 0. The molecule has 0 fully saturated rings. The van der Waals surface area contributed by atoms with Gasteiger partial charge in [-0.3, -0.25) is 0 Å². The molecule has 0 atom stereocenters. The van der Waals surface area contributed by atoms with Gasteiger partial charge in [-0.1, -0.05) is 35.3 Å². The molecule has 2 aromatic carbocycles. The van der Waals surface area contributed by atoms with Gasteiger partial charge in [0.1, 0.15) is 11.4 Å². The van der Waals surface area contributed by atoms with Crippen molar-refractivity contribution in [3.05, 3.63) is 57.6 Å². The third-order valence-corrected chi connectivity index (χ3v) is 4.09. The van der Waals surface area contributed by atoms with Gasteiger partial charge in [0.15, 0.2) is 0 Å². The van der Waals surface area contributed by atoms with Crippen LogP contribution < -0.4 is 10.1 Å². The second-order valence-corrected chi connectivity index (χ2v) is 6.80. The Morgan fingerprint density at radius 2 is 1.95 bits per heavy atom. The maximum absolute atomic E-state index is 6.16. The molecule has 1 aliphatic heterocycles. The van der Waals surface area contributed by atoms with Gasteiger partial charge in [-0.05, 0) is 49.2 Å². The average molecular weight is 322 g/mol. The van der Waals surface area contributed by atoms with Crippen molar-refractivity contribution in [1.82, 2.24) is 0 Å². The number of hydrogen-bond acceptors (Lipinski definition) is 2. The van der Waals surface area contributed by atoms with Gasteiger partial charge in [0, 0.05) is 18.0 Å². The molecule has 2 nitrogen and oxygen atoms in total. The lowest BCUT2D eigenvalue weighted by Crippen LogP contribution is -2.24. The van der Waals surface area contributed by atoms with Crippen molar-refractivity contribution in [2.24, 2.45) is 0 Å². The van der Waals surface area contributed by atoms with Crippen LogP contribution in [0.4, 0.5) is 5.69 Å². The zero-order valence-corrected chi connectivity index (χ0v) is 13.6. The van der Waals surface area contributed by atoms with E-state index in [0.717, 1.165) is 24.4 Å². The predicted octanol–water partition coefficient (Wildman–Crippen LogP) is 5.32. The highest BCUT2D eigenvalue weighted by Gasteiger charge is 2.29. The Labute approximate surface area is 135 Å². The van der Waals surface area contributed by atoms with Crippen molar-refractivity contribution in [3.8, 4) is 5.75 Å². The van der Waals surface area contributed by atoms with E-state index in [1.54, 1.807) is 6.07 Å². The van der Waals surface area contributed by atoms with E-state index in [2.05, 4.69) is 31.3 Å². The molecule has 0 spiro atoms. The fraction of sp³-hybridized carbons (Fsp3) is 0.294. The standard InChI is InChI=1S/C17H17Cl2NO/c1-17(2)9-12-7-11(3-6-16(12)21-17)10-20-15-5-4-13(18)8-14(15)19/h3-8,20H,9-10H2,1-2H3. The number of fused-ring (bicyclic) bond motifs is 1. The first-order valence-corrected chi connectivity index (χ1v) is 7.68. The summed E-state index contributed by atoms with van der Waals surface area (Å²) in [6, 6.07) is 11.8. The van der Waals surface area contributed by atoms with E-state index in [-0.39, 0.29) is 5.60 Å². The van der Waals surface area contributed by atoms with Crippen LogP contribution >= 0.6 is 23.2 Å². The zero-order valence-electron chi connectivity index (χ0n) is 12.0. The first-order chi connectivity index (χ1) is 9.93. The lowest BCUT2D eigenvalue weighted by Gasteiger charge is -2.16. The molecule has 21 heavy (non-hydrogen) atoms. The number of nitrogens with one attached hydrogen (secondary N) is 1. The van der Waals surface area contributed by atoms with Crippen molar-refractivity contribution in [3.63, 3.8) is 0 Å². The predicted molar refractivity (Wildman–Crippen MR) is 88.6 cm³/mol. The van der Waals surface area contributed by atoms with Crippen LogP contribution in [0.25, 0.3) is 0 Å². The van der Waals surface area contributed by atoms with E-state index >= 15 is 0 Å². The highest BCUT2D eigenvalue weighted by Crippen LogP contribution is 2.35. The molecule has 4 heteroatoms. The number of halogens is 2. The Hall–Kier alpha value is -1.38. The van der Waals surface area contributed by atoms with Crippen LogP contribution in [0.1, 0.15) is 25.0 Å². The van der Waals surface area contributed by atoms with Crippen molar-refractivity contribution in [2.45, 2.75) is 32.4 Å². The average Bonchev–Trinajstić information content (AvgIpc) is 2.70. The molecule has 0 aliphatic carbocycles. The smallest absolute Gasteiger partial charge is 0.123 e. The molecule has 1 aliphatic rings. The summed E-state index contributed by atoms with van der Waals surface area (Å²) in [6.07, 6.45) is 0.942. The van der Waals surface area contributed by atoms with Crippen molar-refractivity contribution < 1.29 is 4.74 Å². The number of benzene rings is 2. The fourth-order valence-corrected chi connectivity index (χ4v) is 3.08. The highest BCUT2D eigenvalue weighted by molar-refractivity contribution is 6.36. The molecule has 2 aromatic rings. The van der Waals surface area contributed by atoms with Crippen LogP contribution in [0.3, 0.4) is 0 Å². The molecule has 1 N–H and O–H groups in total. The van der Waals surface area contributed by atoms with Crippen LogP contribution in [0.15, 0.2) is 36.4 Å². The summed E-state index contributed by atoms with van der Waals surface area (Å²) in [6.45, 7) is 4.94. The van der Waals surface area contributed by atoms with E-state index in [0.29, 0.717) is 10.0 Å². The van der Waals surface area contributed by atoms with Crippen molar-refractivity contribution >= 4 is 28.9 Å². The molecule has 0 radical (unpaired) electrons. The molecule has 3 rings (SSSR count). The van der Waals surface area contributed by atoms with Crippen LogP contribution in [0.5, 0.6) is 5.75 Å². The first-order valence-electron chi connectivity index (χ1n) is 6.93. The lowest BCUT2D eigenvalue weighted by molar-refractivity contribution is 0.138. The lowest BCUT2D eigenvalue weighted by atomic mass is 10.0. The molecule has 0 saturated carbocycles. The van der Waals surface area contributed by atoms with Crippen LogP contribution in [-0.2, 0) is 13.0 Å². The maximum Gasteiger partial charge on any atom is 0.123 e. The first kappa shape index (κ1) is 14.6. The van der Waals surface area contributed by atoms with E-state index in [4.69, 9.17) is 27.9 Å². The summed E-state index contributed by atoms with van der Waals surface area (Å²) in [5.74, 6) is 0.994. The van der Waals surface area contributed by atoms with Crippen molar-refractivity contribution in [1.29, 1.82) is 0 Å². The topological polar surface area (TPSA) is 21.3 Å². The Morgan fingerprint density at radius 1 is 1.14 bits per heavy atom. The summed E-state index contributed by atoms with van der Waals surface area (Å²) in [5.41, 5.74) is 3.26. The van der Waals surface area contributed by atoms with Crippen LogP contribution in [-0.4, -0.2) is 5.60 Å². The van der Waals surface area contributed by atoms with Gasteiger partial charge in [-0.2, -0.15) is 0 Å². The van der Waals surface area contributed by atoms with Gasteiger partial charge in [0.25, 0.3) is 0 Å². The number of ether oxygens (including phenoxy) is 1. The molecular formula is C17H17Cl2NO. The van der Waals surface area contributed by atoms with E-state index in [9.17, 15) is 0 Å². The Kier molecular flexibility index (Phi) is 3.76. The van der Waals surface area contributed by atoms with E-state index in [1.165, 1.54) is 11.1 Å². The van der Waals surface area contributed by atoms with Crippen molar-refractivity contribution in [2.75, 3.05) is 5.32 Å². The second-order valence-electron chi connectivity index (χ2n) is 5.96. The molecule has 0 aromatic heterocycles. The quantitative estimate of drug-likeness (QED) is 0.826. The number of rotatable bonds is 3. The third-order valence-electron chi connectivity index (χ3n) is 3.54. The SMILES string of the molecule is CC1(C)Cc2cc(CNc3ccc(Cl)cc3Cl)ccc2O1. The minimum Gasteiger partial charge on any atom is -0.487 e. The molecule has 0 bridgehead atoms. The fourth-order valence-electron chi connectivity index (χ4n) is 2.60. The van der Waals surface area contributed by atoms with Gasteiger partial charge < -0.3 is 10.1 Å². The Balaban J connectivity index is 1.72. The molecule has 0 amide bonds. The Morgan fingerprint density at radius 3 is 2.71 bits per heavy atom.